The van der Waals surface area contributed by atoms with Gasteiger partial charge in [0.1, 0.15) is 5.75 Å². The molecule has 4 aromatic rings. The van der Waals surface area contributed by atoms with Gasteiger partial charge < -0.3 is 10.1 Å². The highest BCUT2D eigenvalue weighted by molar-refractivity contribution is 7.07. The van der Waals surface area contributed by atoms with Gasteiger partial charge in [0.2, 0.25) is 0 Å². The smallest absolute Gasteiger partial charge is 0.271 e. The molecule has 1 aliphatic heterocycles. The third kappa shape index (κ3) is 4.50. The first-order valence-electron chi connectivity index (χ1n) is 12.4. The number of rotatable bonds is 6. The number of carbonyl (C=O) groups is 1. The van der Waals surface area contributed by atoms with Crippen LogP contribution < -0.4 is 24.9 Å². The number of para-hydroxylation sites is 1. The first kappa shape index (κ1) is 25.4. The molecular formula is C29H29N5O3S. The lowest BCUT2D eigenvalue weighted by Gasteiger charge is -2.25. The zero-order valence-electron chi connectivity index (χ0n) is 22.0. The predicted octanol–water partition coefficient (Wildman–Crippen LogP) is 3.72. The SMILES string of the molecule is CCn1nc(C)c(C=c2sc3n(c2=O)[C@@H](c2ccc(OC)cc2)C(C(=O)Nc2ccccc2)=C(C)N=3)c1C. The molecule has 5 rings (SSSR count). The van der Waals surface area contributed by atoms with Crippen LogP contribution in [0.3, 0.4) is 0 Å². The van der Waals surface area contributed by atoms with Crippen molar-refractivity contribution in [1.29, 1.82) is 0 Å². The maximum absolute atomic E-state index is 13.9. The summed E-state index contributed by atoms with van der Waals surface area (Å²) < 4.78 is 9.43. The third-order valence-electron chi connectivity index (χ3n) is 6.74. The number of benzene rings is 2. The average Bonchev–Trinajstić information content (AvgIpc) is 3.38. The lowest BCUT2D eigenvalue weighted by atomic mass is 9.95. The zero-order valence-corrected chi connectivity index (χ0v) is 22.8. The lowest BCUT2D eigenvalue weighted by Crippen LogP contribution is -2.40. The highest BCUT2D eigenvalue weighted by Gasteiger charge is 2.32. The second-order valence-electron chi connectivity index (χ2n) is 9.08. The van der Waals surface area contributed by atoms with E-state index in [1.807, 2.05) is 93.1 Å². The molecule has 0 fully saturated rings. The van der Waals surface area contributed by atoms with E-state index < -0.39 is 6.04 Å². The average molecular weight is 528 g/mol. The van der Waals surface area contributed by atoms with E-state index in [9.17, 15) is 9.59 Å². The van der Waals surface area contributed by atoms with Gasteiger partial charge in [-0.2, -0.15) is 5.10 Å². The molecule has 1 aliphatic rings. The Hall–Kier alpha value is -4.24. The maximum atomic E-state index is 13.9. The first-order valence-corrected chi connectivity index (χ1v) is 13.2. The minimum atomic E-state index is -0.649. The number of carbonyl (C=O) groups excluding carboxylic acids is 1. The Morgan fingerprint density at radius 3 is 2.45 bits per heavy atom. The maximum Gasteiger partial charge on any atom is 0.271 e. The van der Waals surface area contributed by atoms with Crippen molar-refractivity contribution in [3.8, 4) is 5.75 Å². The summed E-state index contributed by atoms with van der Waals surface area (Å²) >= 11 is 1.32. The van der Waals surface area contributed by atoms with Gasteiger partial charge in [-0.15, -0.1) is 0 Å². The summed E-state index contributed by atoms with van der Waals surface area (Å²) in [5.41, 5.74) is 5.04. The summed E-state index contributed by atoms with van der Waals surface area (Å²) in [4.78, 5) is 32.9. The Kier molecular flexibility index (Phi) is 6.86. The number of aryl methyl sites for hydroxylation is 2. The van der Waals surface area contributed by atoms with Crippen molar-refractivity contribution >= 4 is 29.0 Å². The molecule has 0 aliphatic carbocycles. The number of thiazole rings is 1. The Bertz CT molecular complexity index is 1730. The lowest BCUT2D eigenvalue weighted by molar-refractivity contribution is -0.113. The highest BCUT2D eigenvalue weighted by atomic mass is 32.1. The Morgan fingerprint density at radius 1 is 1.11 bits per heavy atom. The Balaban J connectivity index is 1.69. The van der Waals surface area contributed by atoms with Gasteiger partial charge in [-0.1, -0.05) is 41.7 Å². The highest BCUT2D eigenvalue weighted by Crippen LogP contribution is 2.31. The van der Waals surface area contributed by atoms with Crippen LogP contribution in [0, 0.1) is 13.8 Å². The van der Waals surface area contributed by atoms with Crippen LogP contribution in [-0.4, -0.2) is 27.4 Å². The minimum Gasteiger partial charge on any atom is -0.497 e. The number of amides is 1. The molecule has 38 heavy (non-hydrogen) atoms. The number of nitrogens with zero attached hydrogens (tertiary/aromatic N) is 4. The van der Waals surface area contributed by atoms with Crippen molar-refractivity contribution in [2.24, 2.45) is 4.99 Å². The second kappa shape index (κ2) is 10.3. The Morgan fingerprint density at radius 2 is 1.82 bits per heavy atom. The van der Waals surface area contributed by atoms with E-state index in [1.165, 1.54) is 11.3 Å². The summed E-state index contributed by atoms with van der Waals surface area (Å²) in [5, 5.41) is 7.56. The van der Waals surface area contributed by atoms with Crippen LogP contribution in [0.4, 0.5) is 5.69 Å². The number of anilines is 1. The zero-order chi connectivity index (χ0) is 27.0. The molecule has 2 aromatic heterocycles. The number of ether oxygens (including phenoxy) is 1. The normalized spacial score (nSPS) is 15.3. The van der Waals surface area contributed by atoms with Gasteiger partial charge in [-0.3, -0.25) is 18.8 Å². The number of hydrogen-bond acceptors (Lipinski definition) is 6. The van der Waals surface area contributed by atoms with Gasteiger partial charge in [0.05, 0.1) is 34.6 Å². The molecule has 3 heterocycles. The van der Waals surface area contributed by atoms with E-state index >= 15 is 0 Å². The van der Waals surface area contributed by atoms with Crippen LogP contribution in [0.2, 0.25) is 0 Å². The quantitative estimate of drug-likeness (QED) is 0.414. The fourth-order valence-electron chi connectivity index (χ4n) is 4.79. The molecule has 0 bridgehead atoms. The van der Waals surface area contributed by atoms with Crippen molar-refractivity contribution in [3.63, 3.8) is 0 Å². The van der Waals surface area contributed by atoms with E-state index in [1.54, 1.807) is 11.7 Å². The van der Waals surface area contributed by atoms with E-state index in [2.05, 4.69) is 10.4 Å². The molecule has 1 N–H and O–H groups in total. The molecule has 2 aromatic carbocycles. The standard InChI is InChI=1S/C29H29N5O3S/c1-6-33-19(4)23(17(2)32-33)16-24-28(36)34-26(20-12-14-22(37-5)15-13-20)25(18(3)30-29(34)38-24)27(35)31-21-10-8-7-9-11-21/h7-16,26H,6H2,1-5H3,(H,31,35)/t26-/m0/s1. The number of nitrogens with one attached hydrogen (secondary N) is 1. The molecule has 0 unspecified atom stereocenters. The molecule has 0 spiro atoms. The summed E-state index contributed by atoms with van der Waals surface area (Å²) in [5.74, 6) is 0.388. The summed E-state index contributed by atoms with van der Waals surface area (Å²) in [6.45, 7) is 8.54. The molecule has 1 atom stereocenters. The second-order valence-corrected chi connectivity index (χ2v) is 10.1. The number of methoxy groups -OCH3 is 1. The van der Waals surface area contributed by atoms with Gasteiger partial charge in [-0.05, 0) is 63.6 Å². The van der Waals surface area contributed by atoms with Crippen molar-refractivity contribution in [2.75, 3.05) is 12.4 Å². The largest absolute Gasteiger partial charge is 0.497 e. The molecule has 194 valence electrons. The van der Waals surface area contributed by atoms with Crippen LogP contribution in [0.1, 0.15) is 42.4 Å². The monoisotopic (exact) mass is 527 g/mol. The third-order valence-corrected chi connectivity index (χ3v) is 7.72. The number of hydrogen-bond donors (Lipinski definition) is 1. The van der Waals surface area contributed by atoms with Crippen LogP contribution in [-0.2, 0) is 11.3 Å². The summed E-state index contributed by atoms with van der Waals surface area (Å²) in [7, 11) is 1.60. The van der Waals surface area contributed by atoms with Crippen molar-refractivity contribution in [1.82, 2.24) is 14.3 Å². The number of aromatic nitrogens is 3. The van der Waals surface area contributed by atoms with Gasteiger partial charge in [0.25, 0.3) is 11.5 Å². The van der Waals surface area contributed by atoms with Crippen LogP contribution in [0.15, 0.2) is 75.7 Å². The molecule has 0 saturated carbocycles. The van der Waals surface area contributed by atoms with Gasteiger partial charge in [-0.25, -0.2) is 4.99 Å². The van der Waals surface area contributed by atoms with Gasteiger partial charge in [0, 0.05) is 23.5 Å². The molecule has 0 saturated heterocycles. The molecule has 0 radical (unpaired) electrons. The molecule has 1 amide bonds. The minimum absolute atomic E-state index is 0.199. The first-order chi connectivity index (χ1) is 18.3. The number of fused-ring (bicyclic) bond motifs is 1. The van der Waals surface area contributed by atoms with Crippen molar-refractivity contribution in [3.05, 3.63) is 108 Å². The van der Waals surface area contributed by atoms with Crippen molar-refractivity contribution < 1.29 is 9.53 Å². The topological polar surface area (TPSA) is 90.5 Å². The van der Waals surface area contributed by atoms with Crippen LogP contribution >= 0.6 is 11.3 Å². The summed E-state index contributed by atoms with van der Waals surface area (Å²) in [6.07, 6.45) is 1.89. The van der Waals surface area contributed by atoms with Crippen LogP contribution in [0.25, 0.3) is 6.08 Å². The fraction of sp³-hybridized carbons (Fsp3) is 0.241. The summed E-state index contributed by atoms with van der Waals surface area (Å²) in [6, 6.07) is 16.0. The fourth-order valence-corrected chi connectivity index (χ4v) is 5.82. The van der Waals surface area contributed by atoms with Gasteiger partial charge in [0.15, 0.2) is 4.80 Å². The van der Waals surface area contributed by atoms with E-state index in [4.69, 9.17) is 9.73 Å². The van der Waals surface area contributed by atoms with E-state index in [0.717, 1.165) is 29.1 Å². The van der Waals surface area contributed by atoms with Gasteiger partial charge >= 0.3 is 0 Å². The van der Waals surface area contributed by atoms with Crippen LogP contribution in [0.5, 0.6) is 5.75 Å². The molecule has 8 nitrogen and oxygen atoms in total. The number of allylic oxidation sites excluding steroid dienone is 1. The Labute approximate surface area is 224 Å². The predicted molar refractivity (Wildman–Crippen MR) is 149 cm³/mol. The molecule has 9 heteroatoms. The van der Waals surface area contributed by atoms with E-state index in [-0.39, 0.29) is 11.5 Å². The van der Waals surface area contributed by atoms with Crippen molar-refractivity contribution in [2.45, 2.75) is 40.3 Å². The van der Waals surface area contributed by atoms with E-state index in [0.29, 0.717) is 32.0 Å². The molecular weight excluding hydrogens is 498 g/mol.